The van der Waals surface area contributed by atoms with E-state index >= 15 is 0 Å². The van der Waals surface area contributed by atoms with E-state index in [1.165, 1.54) is 19.3 Å². The van der Waals surface area contributed by atoms with Gasteiger partial charge in [-0.25, -0.2) is 4.98 Å². The molecule has 2 rings (SSSR count). The number of hydrogen-bond donors (Lipinski definition) is 1. The van der Waals surface area contributed by atoms with Crippen LogP contribution in [0.4, 0.5) is 5.95 Å². The topological polar surface area (TPSA) is 39.1 Å². The second-order valence-corrected chi connectivity index (χ2v) is 5.40. The van der Waals surface area contributed by atoms with Crippen LogP contribution in [-0.4, -0.2) is 29.3 Å². The van der Waals surface area contributed by atoms with Crippen LogP contribution in [0.1, 0.15) is 38.3 Å². The van der Waals surface area contributed by atoms with Crippen LogP contribution in [0.5, 0.6) is 0 Å². The van der Waals surface area contributed by atoms with Gasteiger partial charge in [0.1, 0.15) is 0 Å². The summed E-state index contributed by atoms with van der Waals surface area (Å²) >= 11 is 0. The maximum Gasteiger partial charge on any atom is 0.203 e. The molecule has 4 heteroatoms. The summed E-state index contributed by atoms with van der Waals surface area (Å²) in [6, 6.07) is 0.591. The van der Waals surface area contributed by atoms with E-state index in [0.29, 0.717) is 6.04 Å². The first-order valence-electron chi connectivity index (χ1n) is 7.00. The maximum atomic E-state index is 5.11. The molecule has 1 aromatic heterocycles. The Hall–Kier alpha value is -1.03. The molecule has 1 aromatic rings. The first-order chi connectivity index (χ1) is 8.70. The summed E-state index contributed by atoms with van der Waals surface area (Å²) in [5.74, 6) is 1.79. The third-order valence-electron chi connectivity index (χ3n) is 3.82. The predicted octanol–water partition coefficient (Wildman–Crippen LogP) is 2.83. The highest BCUT2D eigenvalue weighted by atomic mass is 16.5. The van der Waals surface area contributed by atoms with Gasteiger partial charge < -0.3 is 14.6 Å². The normalized spacial score (nSPS) is 23.5. The van der Waals surface area contributed by atoms with Crippen molar-refractivity contribution >= 4 is 5.95 Å². The fourth-order valence-corrected chi connectivity index (χ4v) is 2.74. The van der Waals surface area contributed by atoms with Crippen LogP contribution >= 0.6 is 0 Å². The summed E-state index contributed by atoms with van der Waals surface area (Å²) in [6.07, 6.45) is 7.09. The molecule has 18 heavy (non-hydrogen) atoms. The van der Waals surface area contributed by atoms with Crippen molar-refractivity contribution in [2.45, 2.75) is 52.1 Å². The SMILES string of the molecule is COCCCn1cc(C)nc1NC1CCCC1C. The molecule has 2 atom stereocenters. The van der Waals surface area contributed by atoms with E-state index in [9.17, 15) is 0 Å². The minimum Gasteiger partial charge on any atom is -0.385 e. The summed E-state index contributed by atoms with van der Waals surface area (Å²) in [4.78, 5) is 4.60. The van der Waals surface area contributed by atoms with E-state index < -0.39 is 0 Å². The van der Waals surface area contributed by atoms with Crippen molar-refractivity contribution < 1.29 is 4.74 Å². The number of imidazole rings is 1. The van der Waals surface area contributed by atoms with Crippen LogP contribution in [0.25, 0.3) is 0 Å². The number of anilines is 1. The van der Waals surface area contributed by atoms with E-state index in [1.54, 1.807) is 7.11 Å². The van der Waals surface area contributed by atoms with Gasteiger partial charge in [0.25, 0.3) is 0 Å². The van der Waals surface area contributed by atoms with Crippen LogP contribution in [0.2, 0.25) is 0 Å². The molecule has 0 aromatic carbocycles. The number of ether oxygens (including phenoxy) is 1. The summed E-state index contributed by atoms with van der Waals surface area (Å²) in [7, 11) is 1.75. The third-order valence-corrected chi connectivity index (χ3v) is 3.82. The quantitative estimate of drug-likeness (QED) is 0.790. The molecule has 0 bridgehead atoms. The van der Waals surface area contributed by atoms with Gasteiger partial charge in [-0.05, 0) is 32.1 Å². The molecule has 1 saturated carbocycles. The maximum absolute atomic E-state index is 5.11. The Bertz CT molecular complexity index is 375. The van der Waals surface area contributed by atoms with Crippen LogP contribution in [0, 0.1) is 12.8 Å². The highest BCUT2D eigenvalue weighted by Crippen LogP contribution is 2.27. The number of aromatic nitrogens is 2. The molecule has 0 amide bonds. The number of methoxy groups -OCH3 is 1. The Kier molecular flexibility index (Phi) is 4.64. The number of hydrogen-bond acceptors (Lipinski definition) is 3. The molecule has 0 saturated heterocycles. The Morgan fingerprint density at radius 3 is 3.00 bits per heavy atom. The molecule has 0 spiro atoms. The van der Waals surface area contributed by atoms with Gasteiger partial charge in [0.15, 0.2) is 0 Å². The summed E-state index contributed by atoms with van der Waals surface area (Å²) in [6.45, 7) is 6.15. The number of aryl methyl sites for hydroxylation is 2. The van der Waals surface area contributed by atoms with Crippen molar-refractivity contribution in [1.29, 1.82) is 0 Å². The van der Waals surface area contributed by atoms with Gasteiger partial charge in [-0.2, -0.15) is 0 Å². The van der Waals surface area contributed by atoms with Crippen molar-refractivity contribution in [2.24, 2.45) is 5.92 Å². The average molecular weight is 251 g/mol. The lowest BCUT2D eigenvalue weighted by molar-refractivity contribution is 0.190. The van der Waals surface area contributed by atoms with E-state index in [-0.39, 0.29) is 0 Å². The van der Waals surface area contributed by atoms with Gasteiger partial charge in [0, 0.05) is 32.5 Å². The molecule has 102 valence electrons. The monoisotopic (exact) mass is 251 g/mol. The molecule has 0 radical (unpaired) electrons. The van der Waals surface area contributed by atoms with Crippen molar-refractivity contribution in [1.82, 2.24) is 9.55 Å². The van der Waals surface area contributed by atoms with Gasteiger partial charge in [-0.1, -0.05) is 13.3 Å². The molecule has 4 nitrogen and oxygen atoms in total. The highest BCUT2D eigenvalue weighted by Gasteiger charge is 2.24. The van der Waals surface area contributed by atoms with Crippen LogP contribution < -0.4 is 5.32 Å². The van der Waals surface area contributed by atoms with Crippen LogP contribution in [0.3, 0.4) is 0 Å². The van der Waals surface area contributed by atoms with Gasteiger partial charge in [-0.3, -0.25) is 0 Å². The highest BCUT2D eigenvalue weighted by molar-refractivity contribution is 5.31. The molecule has 1 N–H and O–H groups in total. The van der Waals surface area contributed by atoms with Gasteiger partial charge in [0.2, 0.25) is 5.95 Å². The van der Waals surface area contributed by atoms with Crippen molar-refractivity contribution in [3.8, 4) is 0 Å². The van der Waals surface area contributed by atoms with Crippen molar-refractivity contribution in [3.05, 3.63) is 11.9 Å². The molecular formula is C14H25N3O. The Labute approximate surface area is 110 Å². The second-order valence-electron chi connectivity index (χ2n) is 5.40. The first-order valence-corrected chi connectivity index (χ1v) is 7.00. The third kappa shape index (κ3) is 3.25. The molecule has 1 aliphatic rings. The molecule has 0 aliphatic heterocycles. The average Bonchev–Trinajstić information content (AvgIpc) is 2.88. The zero-order chi connectivity index (χ0) is 13.0. The molecular weight excluding hydrogens is 226 g/mol. The van der Waals surface area contributed by atoms with Gasteiger partial charge in [-0.15, -0.1) is 0 Å². The van der Waals surface area contributed by atoms with Crippen LogP contribution in [-0.2, 0) is 11.3 Å². The lowest BCUT2D eigenvalue weighted by Crippen LogP contribution is -2.24. The zero-order valence-corrected chi connectivity index (χ0v) is 11.8. The van der Waals surface area contributed by atoms with Crippen molar-refractivity contribution in [3.63, 3.8) is 0 Å². The van der Waals surface area contributed by atoms with Crippen molar-refractivity contribution in [2.75, 3.05) is 19.0 Å². The Morgan fingerprint density at radius 2 is 2.33 bits per heavy atom. The summed E-state index contributed by atoms with van der Waals surface area (Å²) < 4.78 is 7.33. The largest absolute Gasteiger partial charge is 0.385 e. The number of rotatable bonds is 6. The number of nitrogens with zero attached hydrogens (tertiary/aromatic N) is 2. The first kappa shape index (κ1) is 13.4. The molecule has 1 fully saturated rings. The van der Waals surface area contributed by atoms with Gasteiger partial charge >= 0.3 is 0 Å². The van der Waals surface area contributed by atoms with Gasteiger partial charge in [0.05, 0.1) is 5.69 Å². The second kappa shape index (κ2) is 6.23. The minimum absolute atomic E-state index is 0.591. The smallest absolute Gasteiger partial charge is 0.203 e. The molecule has 1 heterocycles. The van der Waals surface area contributed by atoms with Crippen LogP contribution in [0.15, 0.2) is 6.20 Å². The predicted molar refractivity (Wildman–Crippen MR) is 73.9 cm³/mol. The fourth-order valence-electron chi connectivity index (χ4n) is 2.74. The Morgan fingerprint density at radius 1 is 1.50 bits per heavy atom. The number of nitrogens with one attached hydrogen (secondary N) is 1. The van der Waals surface area contributed by atoms with E-state index in [2.05, 4.69) is 34.9 Å². The van der Waals surface area contributed by atoms with E-state index in [4.69, 9.17) is 4.74 Å². The Balaban J connectivity index is 1.97. The fraction of sp³-hybridized carbons (Fsp3) is 0.786. The summed E-state index contributed by atoms with van der Waals surface area (Å²) in [5, 5.41) is 3.62. The standard InChI is InChI=1S/C14H25N3O/c1-11-6-4-7-13(11)16-14-15-12(2)10-17(14)8-5-9-18-3/h10-11,13H,4-9H2,1-3H3,(H,15,16). The lowest BCUT2D eigenvalue weighted by Gasteiger charge is -2.18. The molecule has 1 aliphatic carbocycles. The lowest BCUT2D eigenvalue weighted by atomic mass is 10.1. The molecule has 2 unspecified atom stereocenters. The zero-order valence-electron chi connectivity index (χ0n) is 11.8. The van der Waals surface area contributed by atoms with E-state index in [0.717, 1.165) is 37.1 Å². The summed E-state index contributed by atoms with van der Waals surface area (Å²) in [5.41, 5.74) is 1.08. The minimum atomic E-state index is 0.591. The van der Waals surface area contributed by atoms with E-state index in [1.807, 2.05) is 0 Å².